The Morgan fingerprint density at radius 3 is 1.87 bits per heavy atom. The Labute approximate surface area is 92.5 Å². The number of hydrogen-bond acceptors (Lipinski definition) is 2. The zero-order valence-electron chi connectivity index (χ0n) is 10.5. The summed E-state index contributed by atoms with van der Waals surface area (Å²) in [5.74, 6) is -0.289. The van der Waals surface area contributed by atoms with Crippen LogP contribution in [0.3, 0.4) is 0 Å². The molecule has 0 fully saturated rings. The van der Waals surface area contributed by atoms with Crippen LogP contribution < -0.4 is 9.80 Å². The molecule has 0 saturated heterocycles. The number of ether oxygens (including phenoxy) is 1. The lowest BCUT2D eigenvalue weighted by molar-refractivity contribution is -0.884. The molecule has 4 heteroatoms. The Kier molecular flexibility index (Phi) is 6.20. The number of quaternary nitrogens is 2. The molecule has 0 aromatic rings. The highest BCUT2D eigenvalue weighted by molar-refractivity contribution is 5.87. The van der Waals surface area contributed by atoms with E-state index in [1.807, 2.05) is 28.2 Å². The highest BCUT2D eigenvalue weighted by atomic mass is 16.5. The van der Waals surface area contributed by atoms with E-state index in [1.54, 1.807) is 6.92 Å². The van der Waals surface area contributed by atoms with Crippen LogP contribution in [0.1, 0.15) is 6.92 Å². The van der Waals surface area contributed by atoms with E-state index in [0.29, 0.717) is 5.57 Å². The largest absolute Gasteiger partial charge is 0.447 e. The van der Waals surface area contributed by atoms with Crippen LogP contribution in [-0.4, -0.2) is 53.4 Å². The first-order valence-corrected chi connectivity index (χ1v) is 5.27. The summed E-state index contributed by atoms with van der Waals surface area (Å²) in [6, 6.07) is 0. The maximum atomic E-state index is 11.4. The summed E-state index contributed by atoms with van der Waals surface area (Å²) in [7, 11) is 8.19. The molecule has 0 saturated carbocycles. The Bertz CT molecular complexity index is 215. The van der Waals surface area contributed by atoms with Crippen LogP contribution in [0.4, 0.5) is 0 Å². The maximum absolute atomic E-state index is 11.4. The summed E-state index contributed by atoms with van der Waals surface area (Å²) in [4.78, 5) is 13.9. The van der Waals surface area contributed by atoms with Gasteiger partial charge in [0, 0.05) is 5.57 Å². The van der Waals surface area contributed by atoms with E-state index in [4.69, 9.17) is 4.74 Å². The van der Waals surface area contributed by atoms with E-state index in [0.717, 1.165) is 13.1 Å². The van der Waals surface area contributed by atoms with Crippen LogP contribution in [-0.2, 0) is 9.53 Å². The molecule has 0 bridgehead atoms. The van der Waals surface area contributed by atoms with Crippen molar-refractivity contribution in [3.05, 3.63) is 12.2 Å². The predicted octanol–water partition coefficient (Wildman–Crippen LogP) is -2.24. The third kappa shape index (κ3) is 7.11. The number of hydrogen-bond donors (Lipinski definition) is 2. The monoisotopic (exact) mass is 216 g/mol. The molecule has 0 aliphatic heterocycles. The summed E-state index contributed by atoms with van der Waals surface area (Å²) < 4.78 is 5.35. The average Bonchev–Trinajstić information content (AvgIpc) is 2.00. The first-order valence-electron chi connectivity index (χ1n) is 5.27. The van der Waals surface area contributed by atoms with E-state index in [2.05, 4.69) is 6.58 Å². The molecule has 2 N–H and O–H groups in total. The van der Waals surface area contributed by atoms with Crippen molar-refractivity contribution in [1.82, 2.24) is 0 Å². The molecule has 0 radical (unpaired) electrons. The van der Waals surface area contributed by atoms with Gasteiger partial charge in [0.2, 0.25) is 0 Å². The van der Waals surface area contributed by atoms with Gasteiger partial charge >= 0.3 is 5.97 Å². The Morgan fingerprint density at radius 2 is 1.60 bits per heavy atom. The minimum Gasteiger partial charge on any atom is -0.447 e. The lowest BCUT2D eigenvalue weighted by Crippen LogP contribution is -3.11. The molecular formula is C11H24N2O2+2. The van der Waals surface area contributed by atoms with Crippen molar-refractivity contribution in [3.63, 3.8) is 0 Å². The number of nitrogens with one attached hydrogen (secondary N) is 2. The van der Waals surface area contributed by atoms with Crippen LogP contribution in [0.2, 0.25) is 0 Å². The first-order chi connectivity index (χ1) is 6.82. The zero-order valence-corrected chi connectivity index (χ0v) is 10.5. The van der Waals surface area contributed by atoms with E-state index in [-0.39, 0.29) is 12.1 Å². The average molecular weight is 216 g/mol. The summed E-state index contributed by atoms with van der Waals surface area (Å²) in [5, 5.41) is 0. The van der Waals surface area contributed by atoms with Gasteiger partial charge in [0.05, 0.1) is 28.2 Å². The number of likely N-dealkylation sites (N-methyl/N-ethyl adjacent to an activating group) is 2. The first kappa shape index (κ1) is 14.1. The Morgan fingerprint density at radius 1 is 1.20 bits per heavy atom. The van der Waals surface area contributed by atoms with Crippen molar-refractivity contribution in [2.24, 2.45) is 0 Å². The number of esters is 1. The van der Waals surface area contributed by atoms with Crippen LogP contribution >= 0.6 is 0 Å². The van der Waals surface area contributed by atoms with Crippen molar-refractivity contribution in [3.8, 4) is 0 Å². The van der Waals surface area contributed by atoms with Gasteiger partial charge < -0.3 is 14.5 Å². The molecule has 0 atom stereocenters. The molecule has 88 valence electrons. The second kappa shape index (κ2) is 6.58. The van der Waals surface area contributed by atoms with Crippen molar-refractivity contribution < 1.29 is 19.3 Å². The molecule has 0 aromatic heterocycles. The van der Waals surface area contributed by atoms with Crippen molar-refractivity contribution >= 4 is 5.97 Å². The van der Waals surface area contributed by atoms with E-state index < -0.39 is 0 Å². The van der Waals surface area contributed by atoms with Gasteiger partial charge in [0.15, 0.2) is 6.10 Å². The van der Waals surface area contributed by atoms with Gasteiger partial charge in [0.1, 0.15) is 13.1 Å². The fourth-order valence-electron chi connectivity index (χ4n) is 1.32. The van der Waals surface area contributed by atoms with Gasteiger partial charge in [-0.1, -0.05) is 6.58 Å². The van der Waals surface area contributed by atoms with Gasteiger partial charge in [0.25, 0.3) is 0 Å². The standard InChI is InChI=1S/C11H22N2O2/c1-9(2)11(14)15-10(7-12(3)4)8-13(5)6/h10H,1,7-8H2,2-6H3/p+2. The molecule has 0 rings (SSSR count). The fourth-order valence-corrected chi connectivity index (χ4v) is 1.32. The van der Waals surface area contributed by atoms with Crippen LogP contribution in [0, 0.1) is 0 Å². The number of rotatable bonds is 6. The predicted molar refractivity (Wildman–Crippen MR) is 60.0 cm³/mol. The third-order valence-corrected chi connectivity index (χ3v) is 1.89. The Balaban J connectivity index is 4.23. The van der Waals surface area contributed by atoms with Gasteiger partial charge in [-0.25, -0.2) is 4.79 Å². The minimum absolute atomic E-state index is 0.0378. The SMILES string of the molecule is C=C(C)C(=O)OC(C[NH+](C)C)C[NH+](C)C. The van der Waals surface area contributed by atoms with Crippen LogP contribution in [0.25, 0.3) is 0 Å². The molecular weight excluding hydrogens is 192 g/mol. The smallest absolute Gasteiger partial charge is 0.333 e. The molecule has 15 heavy (non-hydrogen) atoms. The van der Waals surface area contributed by atoms with Crippen molar-refractivity contribution in [2.75, 3.05) is 41.3 Å². The highest BCUT2D eigenvalue weighted by Gasteiger charge is 2.20. The molecule has 4 nitrogen and oxygen atoms in total. The molecule has 0 amide bonds. The highest BCUT2D eigenvalue weighted by Crippen LogP contribution is 1.95. The van der Waals surface area contributed by atoms with Crippen molar-refractivity contribution in [1.29, 1.82) is 0 Å². The molecule has 0 aliphatic carbocycles. The number of carbonyl (C=O) groups excluding carboxylic acids is 1. The molecule has 0 heterocycles. The molecule has 0 unspecified atom stereocenters. The van der Waals surface area contributed by atoms with Crippen LogP contribution in [0.15, 0.2) is 12.2 Å². The van der Waals surface area contributed by atoms with Crippen LogP contribution in [0.5, 0.6) is 0 Å². The normalized spacial score (nSPS) is 11.2. The lowest BCUT2D eigenvalue weighted by Gasteiger charge is -2.20. The Hall–Kier alpha value is -0.870. The molecule has 0 aromatic carbocycles. The quantitative estimate of drug-likeness (QED) is 0.389. The van der Waals surface area contributed by atoms with E-state index in [1.165, 1.54) is 9.80 Å². The van der Waals surface area contributed by atoms with E-state index >= 15 is 0 Å². The molecule has 0 aliphatic rings. The number of carbonyl (C=O) groups is 1. The van der Waals surface area contributed by atoms with Gasteiger partial charge in [-0.05, 0) is 6.92 Å². The molecule has 0 spiro atoms. The lowest BCUT2D eigenvalue weighted by atomic mass is 10.3. The fraction of sp³-hybridized carbons (Fsp3) is 0.727. The maximum Gasteiger partial charge on any atom is 0.333 e. The van der Waals surface area contributed by atoms with Gasteiger partial charge in [-0.3, -0.25) is 0 Å². The minimum atomic E-state index is -0.289. The van der Waals surface area contributed by atoms with Gasteiger partial charge in [-0.2, -0.15) is 0 Å². The third-order valence-electron chi connectivity index (χ3n) is 1.89. The van der Waals surface area contributed by atoms with E-state index in [9.17, 15) is 4.79 Å². The van der Waals surface area contributed by atoms with Gasteiger partial charge in [-0.15, -0.1) is 0 Å². The summed E-state index contributed by atoms with van der Waals surface area (Å²) >= 11 is 0. The summed E-state index contributed by atoms with van der Waals surface area (Å²) in [6.07, 6.45) is -0.0378. The second-order valence-corrected chi connectivity index (χ2v) is 4.63. The van der Waals surface area contributed by atoms with Crippen molar-refractivity contribution in [2.45, 2.75) is 13.0 Å². The summed E-state index contributed by atoms with van der Waals surface area (Å²) in [6.45, 7) is 6.90. The topological polar surface area (TPSA) is 35.2 Å². The second-order valence-electron chi connectivity index (χ2n) is 4.63. The summed E-state index contributed by atoms with van der Waals surface area (Å²) in [5.41, 5.74) is 0.461. The zero-order chi connectivity index (χ0) is 12.0.